The lowest BCUT2D eigenvalue weighted by Gasteiger charge is -2.17. The number of amides is 1. The van der Waals surface area contributed by atoms with Crippen LogP contribution < -0.4 is 5.32 Å². The van der Waals surface area contributed by atoms with Crippen molar-refractivity contribution in [2.45, 2.75) is 71.4 Å². The molecule has 0 spiro atoms. The van der Waals surface area contributed by atoms with Crippen LogP contribution in [0, 0.1) is 5.82 Å². The number of carboxylic acid groups (broad SMARTS) is 1. The smallest absolute Gasteiger partial charge is 0.338 e. The zero-order valence-corrected chi connectivity index (χ0v) is 27.4. The Morgan fingerprint density at radius 2 is 1.50 bits per heavy atom. The molecule has 252 valence electrons. The van der Waals surface area contributed by atoms with E-state index in [2.05, 4.69) is 5.32 Å². The number of nitrogens with one attached hydrogen (secondary N) is 1. The third kappa shape index (κ3) is 9.05. The topological polar surface area (TPSA) is 138 Å². The lowest BCUT2D eigenvalue weighted by atomic mass is 9.94. The normalized spacial score (nSPS) is 12.8. The maximum absolute atomic E-state index is 14.2. The van der Waals surface area contributed by atoms with Gasteiger partial charge in [-0.25, -0.2) is 9.18 Å². The fourth-order valence-electron chi connectivity index (χ4n) is 5.48. The number of aliphatic carboxylic acids is 1. The summed E-state index contributed by atoms with van der Waals surface area (Å²) < 4.78 is 21.2. The van der Waals surface area contributed by atoms with Crippen LogP contribution in [-0.2, 0) is 16.1 Å². The van der Waals surface area contributed by atoms with Crippen LogP contribution in [0.4, 0.5) is 4.39 Å². The molecule has 0 aliphatic rings. The minimum Gasteiger partial charge on any atom is -0.481 e. The summed E-state index contributed by atoms with van der Waals surface area (Å²) in [7, 11) is 0. The molecule has 4 rings (SSSR count). The molecule has 0 bridgehead atoms. The van der Waals surface area contributed by atoms with E-state index in [0.717, 1.165) is 11.1 Å². The van der Waals surface area contributed by atoms with Crippen LogP contribution in [0.2, 0.25) is 0 Å². The lowest BCUT2D eigenvalue weighted by Crippen LogP contribution is -2.27. The first-order chi connectivity index (χ1) is 22.8. The number of carboxylic acids is 1. The Morgan fingerprint density at radius 1 is 0.875 bits per heavy atom. The maximum atomic E-state index is 14.2. The van der Waals surface area contributed by atoms with Gasteiger partial charge < -0.3 is 29.9 Å². The van der Waals surface area contributed by atoms with Crippen LogP contribution in [-0.4, -0.2) is 56.0 Å². The summed E-state index contributed by atoms with van der Waals surface area (Å²) in [5.41, 5.74) is 4.65. The Kier molecular flexibility index (Phi) is 12.1. The zero-order valence-electron chi connectivity index (χ0n) is 27.4. The van der Waals surface area contributed by atoms with Crippen molar-refractivity contribution < 1.29 is 38.8 Å². The number of benzene rings is 3. The predicted molar refractivity (Wildman–Crippen MR) is 182 cm³/mol. The zero-order chi connectivity index (χ0) is 35.0. The summed E-state index contributed by atoms with van der Waals surface area (Å²) in [6.45, 7) is 7.54. The van der Waals surface area contributed by atoms with E-state index in [4.69, 9.17) is 9.84 Å². The lowest BCUT2D eigenvalue weighted by molar-refractivity contribution is -0.139. The van der Waals surface area contributed by atoms with Gasteiger partial charge in [0.1, 0.15) is 11.5 Å². The average Bonchev–Trinajstić information content (AvgIpc) is 3.38. The van der Waals surface area contributed by atoms with E-state index in [1.54, 1.807) is 56.3 Å². The molecule has 2 atom stereocenters. The molecule has 0 radical (unpaired) electrons. The standard InChI is InChI=1S/C38H41FN2O7/c1-23(2)41-32(19-18-30(42)20-31(43)21-33(44)45)34(27-14-16-29(39)17-15-27)35(26-8-6-5-7-9-26)36(41)37(46)40-22-25-10-12-28(13-11-25)38(47)48-24(3)4/h5-19,23-24,30-31,42-43H,20-22H2,1-4H3,(H,40,46)(H,44,45)/b19-18+/t30-,31-/m1/s1. The van der Waals surface area contributed by atoms with E-state index < -0.39 is 36.4 Å². The third-order valence-electron chi connectivity index (χ3n) is 7.56. The molecule has 0 saturated carbocycles. The van der Waals surface area contributed by atoms with E-state index in [9.17, 15) is 29.0 Å². The highest BCUT2D eigenvalue weighted by Crippen LogP contribution is 2.42. The number of hydrogen-bond donors (Lipinski definition) is 4. The highest BCUT2D eigenvalue weighted by Gasteiger charge is 2.29. The van der Waals surface area contributed by atoms with Crippen molar-refractivity contribution in [1.29, 1.82) is 0 Å². The molecule has 0 fully saturated rings. The fourth-order valence-corrected chi connectivity index (χ4v) is 5.48. The number of rotatable bonds is 14. The molecule has 4 N–H and O–H groups in total. The number of aliphatic hydroxyl groups excluding tert-OH is 2. The van der Waals surface area contributed by atoms with Crippen LogP contribution in [0.15, 0.2) is 84.9 Å². The maximum Gasteiger partial charge on any atom is 0.338 e. The number of aromatic nitrogens is 1. The summed E-state index contributed by atoms with van der Waals surface area (Å²) in [6, 6.07) is 21.8. The molecular formula is C38H41FN2O7. The quantitative estimate of drug-likeness (QED) is 0.112. The second-order valence-corrected chi connectivity index (χ2v) is 12.1. The van der Waals surface area contributed by atoms with Gasteiger partial charge in [0.15, 0.2) is 0 Å². The Hall–Kier alpha value is -5.06. The molecule has 1 heterocycles. The number of aliphatic hydroxyl groups is 2. The largest absolute Gasteiger partial charge is 0.481 e. The van der Waals surface area contributed by atoms with Gasteiger partial charge in [0.05, 0.1) is 30.3 Å². The Bertz CT molecular complexity index is 1740. The van der Waals surface area contributed by atoms with Crippen molar-refractivity contribution in [1.82, 2.24) is 9.88 Å². The Morgan fingerprint density at radius 3 is 2.08 bits per heavy atom. The van der Waals surface area contributed by atoms with Crippen LogP contribution in [0.3, 0.4) is 0 Å². The highest BCUT2D eigenvalue weighted by atomic mass is 19.1. The molecule has 0 unspecified atom stereocenters. The van der Waals surface area contributed by atoms with Crippen molar-refractivity contribution in [2.75, 3.05) is 0 Å². The van der Waals surface area contributed by atoms with Crippen molar-refractivity contribution in [3.05, 3.63) is 113 Å². The highest BCUT2D eigenvalue weighted by molar-refractivity contribution is 6.06. The molecule has 4 aromatic rings. The first-order valence-electron chi connectivity index (χ1n) is 15.8. The fraction of sp³-hybridized carbons (Fsp3) is 0.289. The van der Waals surface area contributed by atoms with Crippen LogP contribution in [0.25, 0.3) is 28.3 Å². The number of ether oxygens (including phenoxy) is 1. The summed E-state index contributed by atoms with van der Waals surface area (Å²) >= 11 is 0. The second kappa shape index (κ2) is 16.2. The van der Waals surface area contributed by atoms with Gasteiger partial charge in [-0.2, -0.15) is 0 Å². The summed E-state index contributed by atoms with van der Waals surface area (Å²) in [5.74, 6) is -2.42. The average molecular weight is 657 g/mol. The van der Waals surface area contributed by atoms with E-state index in [-0.39, 0.29) is 31.0 Å². The SMILES string of the molecule is CC(C)OC(=O)c1ccc(CNC(=O)c2c(-c3ccccc3)c(-c3ccc(F)cc3)c(/C=C/[C@@H](O)C[C@@H](O)CC(=O)O)n2C(C)C)cc1. The number of carbonyl (C=O) groups is 3. The van der Waals surface area contributed by atoms with Crippen LogP contribution in [0.1, 0.15) is 78.7 Å². The number of carbonyl (C=O) groups excluding carboxylic acids is 2. The van der Waals surface area contributed by atoms with Gasteiger partial charge in [-0.05, 0) is 74.7 Å². The Balaban J connectivity index is 1.82. The molecule has 1 amide bonds. The van der Waals surface area contributed by atoms with E-state index in [1.807, 2.05) is 48.7 Å². The van der Waals surface area contributed by atoms with Gasteiger partial charge in [0.2, 0.25) is 0 Å². The first kappa shape index (κ1) is 35.8. The number of nitrogens with zero attached hydrogens (tertiary/aromatic N) is 1. The number of halogens is 1. The minimum atomic E-state index is -1.26. The molecule has 0 saturated heterocycles. The summed E-state index contributed by atoms with van der Waals surface area (Å²) in [6.07, 6.45) is -0.311. The third-order valence-corrected chi connectivity index (χ3v) is 7.56. The summed E-state index contributed by atoms with van der Waals surface area (Å²) in [4.78, 5) is 37.6. The molecule has 3 aromatic carbocycles. The van der Waals surface area contributed by atoms with Crippen molar-refractivity contribution in [3.8, 4) is 22.3 Å². The van der Waals surface area contributed by atoms with E-state index in [0.29, 0.717) is 33.6 Å². The molecular weight excluding hydrogens is 615 g/mol. The van der Waals surface area contributed by atoms with Gasteiger partial charge >= 0.3 is 11.9 Å². The van der Waals surface area contributed by atoms with Gasteiger partial charge in [0.25, 0.3) is 5.91 Å². The summed E-state index contributed by atoms with van der Waals surface area (Å²) in [5, 5.41) is 32.8. The molecule has 9 nitrogen and oxygen atoms in total. The van der Waals surface area contributed by atoms with E-state index >= 15 is 0 Å². The van der Waals surface area contributed by atoms with Gasteiger partial charge in [0, 0.05) is 35.8 Å². The van der Waals surface area contributed by atoms with Crippen LogP contribution in [0.5, 0.6) is 0 Å². The molecule has 48 heavy (non-hydrogen) atoms. The van der Waals surface area contributed by atoms with Crippen molar-refractivity contribution in [2.24, 2.45) is 0 Å². The van der Waals surface area contributed by atoms with Crippen molar-refractivity contribution >= 4 is 23.9 Å². The second-order valence-electron chi connectivity index (χ2n) is 12.1. The van der Waals surface area contributed by atoms with Gasteiger partial charge in [-0.1, -0.05) is 60.7 Å². The van der Waals surface area contributed by atoms with Crippen LogP contribution >= 0.6 is 0 Å². The molecule has 1 aromatic heterocycles. The van der Waals surface area contributed by atoms with E-state index in [1.165, 1.54) is 18.2 Å². The van der Waals surface area contributed by atoms with Gasteiger partial charge in [-0.3, -0.25) is 9.59 Å². The number of hydrogen-bond acceptors (Lipinski definition) is 6. The van der Waals surface area contributed by atoms with Gasteiger partial charge in [-0.15, -0.1) is 0 Å². The molecule has 0 aliphatic carbocycles. The monoisotopic (exact) mass is 656 g/mol. The van der Waals surface area contributed by atoms with Crippen molar-refractivity contribution in [3.63, 3.8) is 0 Å². The first-order valence-corrected chi connectivity index (χ1v) is 15.8. The molecule has 0 aliphatic heterocycles. The number of esters is 1. The Labute approximate surface area is 279 Å². The minimum absolute atomic E-state index is 0.160. The molecule has 10 heteroatoms. The predicted octanol–water partition coefficient (Wildman–Crippen LogP) is 6.64.